The molecule has 0 aliphatic rings. The van der Waals surface area contributed by atoms with E-state index in [4.69, 9.17) is 4.74 Å². The summed E-state index contributed by atoms with van der Waals surface area (Å²) in [7, 11) is 1.33. The van der Waals surface area contributed by atoms with E-state index in [-0.39, 0.29) is 11.3 Å². The molecule has 4 heteroatoms. The number of carbonyl (C=O) groups is 2. The predicted octanol–water partition coefficient (Wildman–Crippen LogP) is 4.65. The van der Waals surface area contributed by atoms with Crippen molar-refractivity contribution in [2.24, 2.45) is 0 Å². The zero-order valence-corrected chi connectivity index (χ0v) is 17.4. The first kappa shape index (κ1) is 20.6. The lowest BCUT2D eigenvalue weighted by atomic mass is 9.86. The molecule has 3 rings (SSSR count). The number of nitrogens with one attached hydrogen (secondary N) is 1. The second-order valence-corrected chi connectivity index (χ2v) is 8.26. The molecule has 0 heterocycles. The van der Waals surface area contributed by atoms with E-state index in [1.807, 2.05) is 54.6 Å². The summed E-state index contributed by atoms with van der Waals surface area (Å²) in [5.41, 5.74) is 2.64. The molecule has 0 fully saturated rings. The summed E-state index contributed by atoms with van der Waals surface area (Å²) in [4.78, 5) is 25.0. The van der Waals surface area contributed by atoms with Crippen LogP contribution in [0, 0.1) is 0 Å². The van der Waals surface area contributed by atoms with Gasteiger partial charge in [0.25, 0.3) is 5.91 Å². The molecule has 3 aromatic rings. The molecule has 29 heavy (non-hydrogen) atoms. The Balaban J connectivity index is 1.77. The number of methoxy groups -OCH3 is 1. The lowest BCUT2D eigenvalue weighted by Crippen LogP contribution is -2.43. The van der Waals surface area contributed by atoms with Crippen molar-refractivity contribution in [3.05, 3.63) is 83.4 Å². The minimum atomic E-state index is -0.754. The molecule has 0 saturated carbocycles. The molecule has 0 saturated heterocycles. The van der Waals surface area contributed by atoms with Crippen molar-refractivity contribution in [2.45, 2.75) is 38.6 Å². The Morgan fingerprint density at radius 1 is 0.931 bits per heavy atom. The number of ether oxygens (including phenoxy) is 1. The van der Waals surface area contributed by atoms with Crippen molar-refractivity contribution in [2.75, 3.05) is 7.11 Å². The number of benzene rings is 3. The van der Waals surface area contributed by atoms with Crippen LogP contribution < -0.4 is 5.32 Å². The number of amides is 1. The molecule has 4 nitrogen and oxygen atoms in total. The largest absolute Gasteiger partial charge is 0.467 e. The van der Waals surface area contributed by atoms with Crippen LogP contribution in [0.25, 0.3) is 10.8 Å². The Kier molecular flexibility index (Phi) is 6.02. The molecule has 0 aromatic heterocycles. The van der Waals surface area contributed by atoms with Crippen LogP contribution >= 0.6 is 0 Å². The Morgan fingerprint density at radius 2 is 1.59 bits per heavy atom. The lowest BCUT2D eigenvalue weighted by Gasteiger charge is -2.20. The van der Waals surface area contributed by atoms with Crippen LogP contribution in [0.2, 0.25) is 0 Å². The van der Waals surface area contributed by atoms with Gasteiger partial charge < -0.3 is 10.1 Å². The van der Waals surface area contributed by atoms with Crippen molar-refractivity contribution in [3.63, 3.8) is 0 Å². The van der Waals surface area contributed by atoms with Gasteiger partial charge in [-0.25, -0.2) is 4.79 Å². The highest BCUT2D eigenvalue weighted by molar-refractivity contribution is 5.97. The van der Waals surface area contributed by atoms with Crippen molar-refractivity contribution in [1.82, 2.24) is 5.32 Å². The minimum Gasteiger partial charge on any atom is -0.467 e. The Bertz CT molecular complexity index is 1020. The van der Waals surface area contributed by atoms with Gasteiger partial charge in [0, 0.05) is 12.0 Å². The van der Waals surface area contributed by atoms with E-state index in [1.165, 1.54) is 7.11 Å². The summed E-state index contributed by atoms with van der Waals surface area (Å²) < 4.78 is 4.92. The molecule has 1 amide bonds. The van der Waals surface area contributed by atoms with Crippen LogP contribution in [0.1, 0.15) is 42.3 Å². The van der Waals surface area contributed by atoms with Crippen molar-refractivity contribution in [1.29, 1.82) is 0 Å². The second-order valence-electron chi connectivity index (χ2n) is 8.26. The zero-order chi connectivity index (χ0) is 21.0. The van der Waals surface area contributed by atoms with E-state index >= 15 is 0 Å². The highest BCUT2D eigenvalue weighted by Crippen LogP contribution is 2.22. The summed E-state index contributed by atoms with van der Waals surface area (Å²) in [6.07, 6.45) is 0.364. The highest BCUT2D eigenvalue weighted by atomic mass is 16.5. The van der Waals surface area contributed by atoms with Gasteiger partial charge in [0.05, 0.1) is 7.11 Å². The van der Waals surface area contributed by atoms with Gasteiger partial charge in [-0.3, -0.25) is 4.79 Å². The third kappa shape index (κ3) is 5.02. The number of rotatable bonds is 5. The van der Waals surface area contributed by atoms with Gasteiger partial charge in [0.1, 0.15) is 6.04 Å². The third-order valence-electron chi connectivity index (χ3n) is 5.06. The second kappa shape index (κ2) is 8.48. The summed E-state index contributed by atoms with van der Waals surface area (Å²) in [6.45, 7) is 6.37. The van der Waals surface area contributed by atoms with Crippen LogP contribution in [0.15, 0.2) is 66.7 Å². The molecule has 0 bridgehead atoms. The third-order valence-corrected chi connectivity index (χ3v) is 5.06. The molecular weight excluding hydrogens is 362 g/mol. The average molecular weight is 389 g/mol. The summed E-state index contributed by atoms with van der Waals surface area (Å²) in [5.74, 6) is -0.750. The van der Waals surface area contributed by atoms with Crippen molar-refractivity contribution < 1.29 is 14.3 Å². The molecule has 0 unspecified atom stereocenters. The number of hydrogen-bond acceptors (Lipinski definition) is 3. The van der Waals surface area contributed by atoms with Gasteiger partial charge in [-0.15, -0.1) is 0 Å². The van der Waals surface area contributed by atoms with Crippen LogP contribution in [-0.2, 0) is 21.4 Å². The Hall–Kier alpha value is -3.14. The van der Waals surface area contributed by atoms with E-state index in [1.54, 1.807) is 12.1 Å². The molecular formula is C25H27NO3. The summed E-state index contributed by atoms with van der Waals surface area (Å²) in [5, 5.41) is 5.05. The summed E-state index contributed by atoms with van der Waals surface area (Å²) in [6, 6.07) is 20.8. The first-order valence-electron chi connectivity index (χ1n) is 9.75. The Labute approximate surface area is 171 Å². The highest BCUT2D eigenvalue weighted by Gasteiger charge is 2.23. The number of esters is 1. The van der Waals surface area contributed by atoms with E-state index < -0.39 is 12.0 Å². The monoisotopic (exact) mass is 389 g/mol. The maximum Gasteiger partial charge on any atom is 0.328 e. The molecule has 0 aliphatic carbocycles. The fourth-order valence-corrected chi connectivity index (χ4v) is 3.30. The maximum atomic E-state index is 12.7. The van der Waals surface area contributed by atoms with E-state index in [0.29, 0.717) is 12.0 Å². The quantitative estimate of drug-likeness (QED) is 0.646. The molecule has 1 atom stereocenters. The van der Waals surface area contributed by atoms with Crippen LogP contribution in [-0.4, -0.2) is 25.0 Å². The smallest absolute Gasteiger partial charge is 0.328 e. The topological polar surface area (TPSA) is 55.4 Å². The number of carbonyl (C=O) groups excluding carboxylic acids is 2. The molecule has 3 aromatic carbocycles. The zero-order valence-electron chi connectivity index (χ0n) is 17.4. The van der Waals surface area contributed by atoms with Gasteiger partial charge >= 0.3 is 5.97 Å². The lowest BCUT2D eigenvalue weighted by molar-refractivity contribution is -0.142. The molecule has 150 valence electrons. The van der Waals surface area contributed by atoms with Crippen LogP contribution in [0.5, 0.6) is 0 Å². The normalized spacial score (nSPS) is 12.4. The van der Waals surface area contributed by atoms with Gasteiger partial charge in [0.15, 0.2) is 0 Å². The molecule has 0 aliphatic heterocycles. The SMILES string of the molecule is COC(=O)[C@H](Cc1ccc2ccccc2c1)NC(=O)c1ccc(C(C)(C)C)cc1. The standard InChI is InChI=1S/C25H27NO3/c1-25(2,3)21-13-11-19(12-14-21)23(27)26-22(24(28)29-4)16-17-9-10-18-7-5-6-8-20(18)15-17/h5-15,22H,16H2,1-4H3,(H,26,27)/t22-/m0/s1. The van der Waals surface area contributed by atoms with Crippen LogP contribution in [0.3, 0.4) is 0 Å². The average Bonchev–Trinajstić information content (AvgIpc) is 2.72. The molecule has 0 radical (unpaired) electrons. The van der Waals surface area contributed by atoms with Gasteiger partial charge in [0.2, 0.25) is 0 Å². The van der Waals surface area contributed by atoms with Gasteiger partial charge in [-0.1, -0.05) is 75.4 Å². The number of hydrogen-bond donors (Lipinski definition) is 1. The van der Waals surface area contributed by atoms with E-state index in [9.17, 15) is 9.59 Å². The van der Waals surface area contributed by atoms with Gasteiger partial charge in [-0.05, 0) is 39.4 Å². The van der Waals surface area contributed by atoms with Crippen molar-refractivity contribution in [3.8, 4) is 0 Å². The number of fused-ring (bicyclic) bond motifs is 1. The fraction of sp³-hybridized carbons (Fsp3) is 0.280. The van der Waals surface area contributed by atoms with E-state index in [2.05, 4.69) is 26.1 Å². The first-order valence-corrected chi connectivity index (χ1v) is 9.75. The molecule has 0 spiro atoms. The van der Waals surface area contributed by atoms with Crippen molar-refractivity contribution >= 4 is 22.6 Å². The first-order chi connectivity index (χ1) is 13.8. The summed E-state index contributed by atoms with van der Waals surface area (Å²) >= 11 is 0. The minimum absolute atomic E-state index is 0.0135. The molecule has 1 N–H and O–H groups in total. The predicted molar refractivity (Wildman–Crippen MR) is 116 cm³/mol. The fourth-order valence-electron chi connectivity index (χ4n) is 3.30. The Morgan fingerprint density at radius 3 is 2.21 bits per heavy atom. The van der Waals surface area contributed by atoms with Crippen LogP contribution in [0.4, 0.5) is 0 Å². The van der Waals surface area contributed by atoms with E-state index in [0.717, 1.165) is 21.9 Å². The van der Waals surface area contributed by atoms with Gasteiger partial charge in [-0.2, -0.15) is 0 Å². The maximum absolute atomic E-state index is 12.7.